The Kier molecular flexibility index (Phi) is 5.32. The van der Waals surface area contributed by atoms with E-state index in [2.05, 4.69) is 15.9 Å². The maximum atomic E-state index is 5.78. The van der Waals surface area contributed by atoms with Crippen LogP contribution in [0.25, 0.3) is 0 Å². The zero-order valence-corrected chi connectivity index (χ0v) is 12.2. The van der Waals surface area contributed by atoms with E-state index in [0.717, 1.165) is 37.6 Å². The third-order valence-corrected chi connectivity index (χ3v) is 4.40. The highest BCUT2D eigenvalue weighted by Gasteiger charge is 2.23. The van der Waals surface area contributed by atoms with Crippen molar-refractivity contribution < 1.29 is 14.2 Å². The molecule has 1 heterocycles. The minimum atomic E-state index is 0.536. The standard InChI is InChI=1S/C14H19BrO3/c1-16-13-4-2-3-5-14(13)18-9-6-11-10-17-8-7-12(11)15/h2-5,11-12H,6-10H2,1H3. The van der Waals surface area contributed by atoms with E-state index in [1.807, 2.05) is 24.3 Å². The topological polar surface area (TPSA) is 27.7 Å². The van der Waals surface area contributed by atoms with Crippen molar-refractivity contribution in [2.24, 2.45) is 5.92 Å². The van der Waals surface area contributed by atoms with E-state index >= 15 is 0 Å². The van der Waals surface area contributed by atoms with Crippen molar-refractivity contribution in [3.05, 3.63) is 24.3 Å². The fraction of sp³-hybridized carbons (Fsp3) is 0.571. The van der Waals surface area contributed by atoms with Crippen molar-refractivity contribution in [3.63, 3.8) is 0 Å². The molecule has 2 unspecified atom stereocenters. The van der Waals surface area contributed by atoms with Crippen LogP contribution >= 0.6 is 15.9 Å². The number of hydrogen-bond acceptors (Lipinski definition) is 3. The quantitative estimate of drug-likeness (QED) is 0.781. The van der Waals surface area contributed by atoms with Crippen molar-refractivity contribution in [1.29, 1.82) is 0 Å². The second-order valence-electron chi connectivity index (χ2n) is 4.43. The van der Waals surface area contributed by atoms with Crippen LogP contribution in [-0.4, -0.2) is 31.8 Å². The molecule has 1 aromatic rings. The van der Waals surface area contributed by atoms with Crippen molar-refractivity contribution in [3.8, 4) is 11.5 Å². The van der Waals surface area contributed by atoms with Crippen LogP contribution in [0.2, 0.25) is 0 Å². The second kappa shape index (κ2) is 7.00. The highest BCUT2D eigenvalue weighted by atomic mass is 79.9. The van der Waals surface area contributed by atoms with Gasteiger partial charge in [-0.2, -0.15) is 0 Å². The van der Waals surface area contributed by atoms with Gasteiger partial charge >= 0.3 is 0 Å². The first-order chi connectivity index (χ1) is 8.81. The van der Waals surface area contributed by atoms with E-state index in [0.29, 0.717) is 17.4 Å². The molecule has 0 N–H and O–H groups in total. The van der Waals surface area contributed by atoms with Crippen LogP contribution in [0.5, 0.6) is 11.5 Å². The third kappa shape index (κ3) is 3.62. The predicted molar refractivity (Wildman–Crippen MR) is 74.7 cm³/mol. The molecule has 1 saturated heterocycles. The van der Waals surface area contributed by atoms with Crippen LogP contribution in [-0.2, 0) is 4.74 Å². The highest BCUT2D eigenvalue weighted by Crippen LogP contribution is 2.28. The van der Waals surface area contributed by atoms with Crippen molar-refractivity contribution >= 4 is 15.9 Å². The molecule has 1 fully saturated rings. The zero-order chi connectivity index (χ0) is 12.8. The first-order valence-corrected chi connectivity index (χ1v) is 7.20. The Morgan fingerprint density at radius 3 is 2.83 bits per heavy atom. The molecule has 0 saturated carbocycles. The lowest BCUT2D eigenvalue weighted by atomic mass is 9.99. The summed E-state index contributed by atoms with van der Waals surface area (Å²) < 4.78 is 16.5. The summed E-state index contributed by atoms with van der Waals surface area (Å²) in [4.78, 5) is 0.549. The number of methoxy groups -OCH3 is 1. The highest BCUT2D eigenvalue weighted by molar-refractivity contribution is 9.09. The Labute approximate surface area is 117 Å². The maximum absolute atomic E-state index is 5.78. The molecule has 1 aliphatic rings. The van der Waals surface area contributed by atoms with E-state index in [1.165, 1.54) is 0 Å². The monoisotopic (exact) mass is 314 g/mol. The van der Waals surface area contributed by atoms with Gasteiger partial charge in [0.25, 0.3) is 0 Å². The first kappa shape index (κ1) is 13.7. The molecule has 0 spiro atoms. The van der Waals surface area contributed by atoms with Crippen LogP contribution in [0, 0.1) is 5.92 Å². The van der Waals surface area contributed by atoms with E-state index in [9.17, 15) is 0 Å². The Morgan fingerprint density at radius 2 is 2.11 bits per heavy atom. The molecule has 4 heteroatoms. The van der Waals surface area contributed by atoms with Crippen molar-refractivity contribution in [2.75, 3.05) is 26.9 Å². The first-order valence-electron chi connectivity index (χ1n) is 6.29. The SMILES string of the molecule is COc1ccccc1OCCC1COCCC1Br. The summed E-state index contributed by atoms with van der Waals surface area (Å²) in [5.41, 5.74) is 0. The molecule has 100 valence electrons. The second-order valence-corrected chi connectivity index (χ2v) is 5.60. The molecular formula is C14H19BrO3. The normalized spacial score (nSPS) is 23.7. The van der Waals surface area contributed by atoms with Crippen LogP contribution in [0.15, 0.2) is 24.3 Å². The Hall–Kier alpha value is -0.740. The molecule has 0 aromatic heterocycles. The van der Waals surface area contributed by atoms with Gasteiger partial charge in [0, 0.05) is 11.4 Å². The number of alkyl halides is 1. The Morgan fingerprint density at radius 1 is 1.33 bits per heavy atom. The summed E-state index contributed by atoms with van der Waals surface area (Å²) in [7, 11) is 1.66. The van der Waals surface area contributed by atoms with Gasteiger partial charge in [-0.05, 0) is 30.9 Å². The summed E-state index contributed by atoms with van der Waals surface area (Å²) in [5.74, 6) is 2.13. The minimum Gasteiger partial charge on any atom is -0.493 e. The lowest BCUT2D eigenvalue weighted by Gasteiger charge is -2.27. The summed E-state index contributed by atoms with van der Waals surface area (Å²) in [6.45, 7) is 2.38. The van der Waals surface area contributed by atoms with Gasteiger partial charge in [-0.1, -0.05) is 28.1 Å². The summed E-state index contributed by atoms with van der Waals surface area (Å²) in [6.07, 6.45) is 2.08. The number of halogens is 1. The van der Waals surface area contributed by atoms with Crippen molar-refractivity contribution in [2.45, 2.75) is 17.7 Å². The van der Waals surface area contributed by atoms with Crippen LogP contribution in [0.1, 0.15) is 12.8 Å². The van der Waals surface area contributed by atoms with Gasteiger partial charge in [0.15, 0.2) is 11.5 Å². The average molecular weight is 315 g/mol. The van der Waals surface area contributed by atoms with Crippen LogP contribution < -0.4 is 9.47 Å². The number of hydrogen-bond donors (Lipinski definition) is 0. The van der Waals surface area contributed by atoms with Gasteiger partial charge in [-0.25, -0.2) is 0 Å². The predicted octanol–water partition coefficient (Wildman–Crippen LogP) is 3.26. The molecule has 1 aromatic carbocycles. The van der Waals surface area contributed by atoms with Crippen LogP contribution in [0.4, 0.5) is 0 Å². The lowest BCUT2D eigenvalue weighted by Crippen LogP contribution is -2.29. The number of rotatable bonds is 5. The number of benzene rings is 1. The van der Waals surface area contributed by atoms with Crippen molar-refractivity contribution in [1.82, 2.24) is 0 Å². The zero-order valence-electron chi connectivity index (χ0n) is 10.6. The van der Waals surface area contributed by atoms with Gasteiger partial charge in [-0.15, -0.1) is 0 Å². The van der Waals surface area contributed by atoms with Gasteiger partial charge in [0.2, 0.25) is 0 Å². The molecule has 2 rings (SSSR count). The van der Waals surface area contributed by atoms with E-state index in [1.54, 1.807) is 7.11 Å². The minimum absolute atomic E-state index is 0.536. The largest absolute Gasteiger partial charge is 0.493 e. The molecule has 0 bridgehead atoms. The molecule has 0 amide bonds. The van der Waals surface area contributed by atoms with E-state index in [4.69, 9.17) is 14.2 Å². The lowest BCUT2D eigenvalue weighted by molar-refractivity contribution is 0.0516. The number of para-hydroxylation sites is 2. The summed E-state index contributed by atoms with van der Waals surface area (Å²) in [6, 6.07) is 7.73. The van der Waals surface area contributed by atoms with Gasteiger partial charge in [-0.3, -0.25) is 0 Å². The molecule has 1 aliphatic heterocycles. The van der Waals surface area contributed by atoms with Gasteiger partial charge in [0.1, 0.15) is 0 Å². The third-order valence-electron chi connectivity index (χ3n) is 3.20. The Balaban J connectivity index is 1.80. The van der Waals surface area contributed by atoms with Crippen LogP contribution in [0.3, 0.4) is 0 Å². The Bertz CT molecular complexity index is 370. The van der Waals surface area contributed by atoms with Gasteiger partial charge in [0.05, 0.1) is 20.3 Å². The molecule has 2 atom stereocenters. The molecule has 0 aliphatic carbocycles. The fourth-order valence-electron chi connectivity index (χ4n) is 2.09. The molecule has 18 heavy (non-hydrogen) atoms. The summed E-state index contributed by atoms with van der Waals surface area (Å²) >= 11 is 3.71. The summed E-state index contributed by atoms with van der Waals surface area (Å²) in [5, 5.41) is 0. The van der Waals surface area contributed by atoms with E-state index < -0.39 is 0 Å². The molecule has 3 nitrogen and oxygen atoms in total. The maximum Gasteiger partial charge on any atom is 0.161 e. The fourth-order valence-corrected chi connectivity index (χ4v) is 2.70. The smallest absolute Gasteiger partial charge is 0.161 e. The van der Waals surface area contributed by atoms with Gasteiger partial charge < -0.3 is 14.2 Å². The average Bonchev–Trinajstić information content (AvgIpc) is 2.41. The molecular weight excluding hydrogens is 296 g/mol. The molecule has 0 radical (unpaired) electrons. The number of ether oxygens (including phenoxy) is 3. The van der Waals surface area contributed by atoms with E-state index in [-0.39, 0.29) is 0 Å².